The van der Waals surface area contributed by atoms with Gasteiger partial charge in [-0.25, -0.2) is 4.79 Å². The first-order chi connectivity index (χ1) is 12.6. The van der Waals surface area contributed by atoms with E-state index in [1.165, 1.54) is 5.56 Å². The molecule has 26 heavy (non-hydrogen) atoms. The van der Waals surface area contributed by atoms with Crippen LogP contribution >= 0.6 is 0 Å². The Balaban J connectivity index is 1.93. The van der Waals surface area contributed by atoms with Crippen molar-refractivity contribution in [3.05, 3.63) is 89.5 Å². The Labute approximate surface area is 152 Å². The minimum Gasteiger partial charge on any atom is -0.496 e. The van der Waals surface area contributed by atoms with Crippen molar-refractivity contribution in [2.75, 3.05) is 7.11 Å². The molecule has 0 amide bonds. The smallest absolute Gasteiger partial charge is 0.334 e. The van der Waals surface area contributed by atoms with E-state index in [-0.39, 0.29) is 11.9 Å². The maximum absolute atomic E-state index is 12.4. The van der Waals surface area contributed by atoms with Gasteiger partial charge in [0.1, 0.15) is 11.9 Å². The predicted octanol–water partition coefficient (Wildman–Crippen LogP) is 5.09. The average molecular weight is 344 g/mol. The Bertz CT molecular complexity index is 1000. The zero-order valence-electron chi connectivity index (χ0n) is 14.9. The second kappa shape index (κ2) is 6.34. The summed E-state index contributed by atoms with van der Waals surface area (Å²) in [6, 6.07) is 20.2. The summed E-state index contributed by atoms with van der Waals surface area (Å²) in [7, 11) is 1.64. The zero-order chi connectivity index (χ0) is 18.3. The maximum atomic E-state index is 12.4. The number of benzene rings is 3. The fourth-order valence-electron chi connectivity index (χ4n) is 3.69. The number of carbonyl (C=O) groups is 1. The first kappa shape index (κ1) is 16.4. The van der Waals surface area contributed by atoms with Crippen molar-refractivity contribution >= 4 is 16.7 Å². The minimum absolute atomic E-state index is 0.234. The number of hydrogen-bond donors (Lipinski definition) is 0. The second-order valence-corrected chi connectivity index (χ2v) is 6.64. The normalized spacial score (nSPS) is 19.6. The summed E-state index contributed by atoms with van der Waals surface area (Å²) in [6.45, 7) is 6.05. The molecule has 1 fully saturated rings. The standard InChI is InChI=1S/C23H20O3/c1-14-8-10-17(11-9-14)20-15(2)23(24)26-22(20)21-18-7-5-4-6-16(18)12-13-19(21)25-3/h4-13,20,22H,2H2,1,3H3. The molecule has 3 nitrogen and oxygen atoms in total. The number of aryl methyl sites for hydroxylation is 1. The molecule has 0 spiro atoms. The van der Waals surface area contributed by atoms with Crippen LogP contribution in [0.5, 0.6) is 5.75 Å². The fourth-order valence-corrected chi connectivity index (χ4v) is 3.69. The van der Waals surface area contributed by atoms with Crippen molar-refractivity contribution in [2.24, 2.45) is 0 Å². The third-order valence-corrected chi connectivity index (χ3v) is 5.05. The van der Waals surface area contributed by atoms with E-state index in [0.29, 0.717) is 11.3 Å². The first-order valence-electron chi connectivity index (χ1n) is 8.62. The number of rotatable bonds is 3. The summed E-state index contributed by atoms with van der Waals surface area (Å²) in [4.78, 5) is 12.4. The molecule has 1 aliphatic rings. The van der Waals surface area contributed by atoms with E-state index in [0.717, 1.165) is 21.9 Å². The molecular formula is C23H20O3. The summed E-state index contributed by atoms with van der Waals surface area (Å²) in [5.74, 6) is 0.131. The average Bonchev–Trinajstić information content (AvgIpc) is 2.96. The number of hydrogen-bond acceptors (Lipinski definition) is 3. The molecular weight excluding hydrogens is 324 g/mol. The van der Waals surface area contributed by atoms with E-state index >= 15 is 0 Å². The number of methoxy groups -OCH3 is 1. The van der Waals surface area contributed by atoms with Crippen LogP contribution in [-0.2, 0) is 9.53 Å². The van der Waals surface area contributed by atoms with Gasteiger partial charge in [0, 0.05) is 11.1 Å². The highest BCUT2D eigenvalue weighted by molar-refractivity contribution is 5.95. The lowest BCUT2D eigenvalue weighted by molar-refractivity contribution is -0.139. The molecule has 0 N–H and O–H groups in total. The summed E-state index contributed by atoms with van der Waals surface area (Å²) in [5, 5.41) is 2.11. The molecule has 0 aromatic heterocycles. The van der Waals surface area contributed by atoms with Crippen LogP contribution < -0.4 is 4.74 Å². The Hall–Kier alpha value is -3.07. The van der Waals surface area contributed by atoms with Gasteiger partial charge in [-0.2, -0.15) is 0 Å². The summed E-state index contributed by atoms with van der Waals surface area (Å²) in [5.41, 5.74) is 3.56. The van der Waals surface area contributed by atoms with Crippen molar-refractivity contribution in [1.82, 2.24) is 0 Å². The lowest BCUT2D eigenvalue weighted by Gasteiger charge is -2.22. The van der Waals surface area contributed by atoms with Crippen molar-refractivity contribution in [3.63, 3.8) is 0 Å². The number of fused-ring (bicyclic) bond motifs is 1. The Kier molecular flexibility index (Phi) is 4.00. The molecule has 0 radical (unpaired) electrons. The molecule has 1 heterocycles. The molecule has 1 aliphatic heterocycles. The Morgan fingerprint density at radius 1 is 1.00 bits per heavy atom. The highest BCUT2D eigenvalue weighted by atomic mass is 16.6. The molecule has 3 aromatic rings. The van der Waals surface area contributed by atoms with Crippen LogP contribution in [0.2, 0.25) is 0 Å². The van der Waals surface area contributed by atoms with Gasteiger partial charge in [-0.05, 0) is 29.3 Å². The summed E-state index contributed by atoms with van der Waals surface area (Å²) in [6.07, 6.45) is -0.459. The molecule has 0 aliphatic carbocycles. The van der Waals surface area contributed by atoms with Gasteiger partial charge >= 0.3 is 5.97 Å². The van der Waals surface area contributed by atoms with E-state index in [9.17, 15) is 4.79 Å². The summed E-state index contributed by atoms with van der Waals surface area (Å²) < 4.78 is 11.4. The zero-order valence-corrected chi connectivity index (χ0v) is 14.9. The molecule has 0 bridgehead atoms. The molecule has 4 rings (SSSR count). The van der Waals surface area contributed by atoms with Crippen LogP contribution in [-0.4, -0.2) is 13.1 Å². The van der Waals surface area contributed by atoms with Crippen molar-refractivity contribution in [3.8, 4) is 5.75 Å². The van der Waals surface area contributed by atoms with Gasteiger partial charge in [-0.1, -0.05) is 66.7 Å². The highest BCUT2D eigenvalue weighted by Gasteiger charge is 2.42. The van der Waals surface area contributed by atoms with Gasteiger partial charge in [0.05, 0.1) is 13.0 Å². The van der Waals surface area contributed by atoms with Crippen molar-refractivity contribution in [2.45, 2.75) is 18.9 Å². The lowest BCUT2D eigenvalue weighted by Crippen LogP contribution is -2.09. The topological polar surface area (TPSA) is 35.5 Å². The number of esters is 1. The molecule has 130 valence electrons. The number of carbonyl (C=O) groups excluding carboxylic acids is 1. The van der Waals surface area contributed by atoms with Gasteiger partial charge in [-0.3, -0.25) is 0 Å². The molecule has 0 saturated carbocycles. The van der Waals surface area contributed by atoms with Gasteiger partial charge in [0.2, 0.25) is 0 Å². The van der Waals surface area contributed by atoms with E-state index < -0.39 is 6.10 Å². The molecule has 3 aromatic carbocycles. The quantitative estimate of drug-likeness (QED) is 0.490. The summed E-state index contributed by atoms with van der Waals surface area (Å²) >= 11 is 0. The maximum Gasteiger partial charge on any atom is 0.334 e. The van der Waals surface area contributed by atoms with Gasteiger partial charge in [0.25, 0.3) is 0 Å². The van der Waals surface area contributed by atoms with Gasteiger partial charge < -0.3 is 9.47 Å². The van der Waals surface area contributed by atoms with Gasteiger partial charge in [-0.15, -0.1) is 0 Å². The SMILES string of the molecule is C=C1C(=O)OC(c2c(OC)ccc3ccccc23)C1c1ccc(C)cc1. The van der Waals surface area contributed by atoms with E-state index in [1.807, 2.05) is 67.6 Å². The molecule has 2 unspecified atom stereocenters. The second-order valence-electron chi connectivity index (χ2n) is 6.64. The van der Waals surface area contributed by atoms with Crippen LogP contribution in [0.4, 0.5) is 0 Å². The monoisotopic (exact) mass is 344 g/mol. The van der Waals surface area contributed by atoms with E-state index in [4.69, 9.17) is 9.47 Å². The Morgan fingerprint density at radius 2 is 1.73 bits per heavy atom. The van der Waals surface area contributed by atoms with Crippen molar-refractivity contribution in [1.29, 1.82) is 0 Å². The van der Waals surface area contributed by atoms with Crippen molar-refractivity contribution < 1.29 is 14.3 Å². The minimum atomic E-state index is -0.459. The molecule has 2 atom stereocenters. The lowest BCUT2D eigenvalue weighted by atomic mass is 9.84. The fraction of sp³-hybridized carbons (Fsp3) is 0.174. The molecule has 1 saturated heterocycles. The van der Waals surface area contributed by atoms with Crippen LogP contribution in [0.1, 0.15) is 28.7 Å². The van der Waals surface area contributed by atoms with E-state index in [2.05, 4.69) is 6.58 Å². The van der Waals surface area contributed by atoms with Crippen LogP contribution in [0, 0.1) is 6.92 Å². The third-order valence-electron chi connectivity index (χ3n) is 5.05. The predicted molar refractivity (Wildman–Crippen MR) is 102 cm³/mol. The van der Waals surface area contributed by atoms with Gasteiger partial charge in [0.15, 0.2) is 0 Å². The highest BCUT2D eigenvalue weighted by Crippen LogP contribution is 2.49. The van der Waals surface area contributed by atoms with E-state index in [1.54, 1.807) is 7.11 Å². The first-order valence-corrected chi connectivity index (χ1v) is 8.62. The van der Waals surface area contributed by atoms with Crippen LogP contribution in [0.25, 0.3) is 10.8 Å². The van der Waals surface area contributed by atoms with Crippen LogP contribution in [0.3, 0.4) is 0 Å². The molecule has 3 heteroatoms. The number of ether oxygens (including phenoxy) is 2. The largest absolute Gasteiger partial charge is 0.496 e. The third kappa shape index (κ3) is 2.57. The van der Waals surface area contributed by atoms with Crippen LogP contribution in [0.15, 0.2) is 72.8 Å². The Morgan fingerprint density at radius 3 is 2.46 bits per heavy atom. The number of cyclic esters (lactones) is 1.